The molecule has 2 amide bonds. The zero-order chi connectivity index (χ0) is 12.1. The highest BCUT2D eigenvalue weighted by molar-refractivity contribution is 7.99. The summed E-state index contributed by atoms with van der Waals surface area (Å²) in [6.07, 6.45) is 0. The standard InChI is InChI=1S/C13H18N2OS/c1-2-14-13(16)15-8-9-17-10-12(15)11-6-4-3-5-7-11/h3-7,12H,2,8-10H2,1H3,(H,14,16)/t12-/m1/s1. The van der Waals surface area contributed by atoms with Crippen LogP contribution in [0.1, 0.15) is 18.5 Å². The summed E-state index contributed by atoms with van der Waals surface area (Å²) in [6.45, 7) is 3.47. The van der Waals surface area contributed by atoms with Gasteiger partial charge in [-0.2, -0.15) is 11.8 Å². The number of rotatable bonds is 2. The Balaban J connectivity index is 2.15. The van der Waals surface area contributed by atoms with Crippen LogP contribution >= 0.6 is 11.8 Å². The van der Waals surface area contributed by atoms with E-state index in [1.807, 2.05) is 41.8 Å². The van der Waals surface area contributed by atoms with Gasteiger partial charge in [0.15, 0.2) is 0 Å². The summed E-state index contributed by atoms with van der Waals surface area (Å²) < 4.78 is 0. The van der Waals surface area contributed by atoms with E-state index in [1.165, 1.54) is 5.56 Å². The minimum atomic E-state index is 0.0571. The number of amides is 2. The molecule has 1 aromatic rings. The molecule has 1 heterocycles. The first-order chi connectivity index (χ1) is 8.33. The molecule has 92 valence electrons. The van der Waals surface area contributed by atoms with Gasteiger partial charge in [0, 0.05) is 24.6 Å². The lowest BCUT2D eigenvalue weighted by molar-refractivity contribution is 0.183. The van der Waals surface area contributed by atoms with Crippen LogP contribution in [0.3, 0.4) is 0 Å². The van der Waals surface area contributed by atoms with Gasteiger partial charge in [-0.25, -0.2) is 4.79 Å². The van der Waals surface area contributed by atoms with Gasteiger partial charge in [0.2, 0.25) is 0 Å². The molecule has 0 saturated carbocycles. The number of urea groups is 1. The molecule has 3 nitrogen and oxygen atoms in total. The predicted molar refractivity (Wildman–Crippen MR) is 72.3 cm³/mol. The largest absolute Gasteiger partial charge is 0.338 e. The van der Waals surface area contributed by atoms with E-state index in [0.29, 0.717) is 6.54 Å². The van der Waals surface area contributed by atoms with E-state index in [2.05, 4.69) is 17.4 Å². The summed E-state index contributed by atoms with van der Waals surface area (Å²) in [5.41, 5.74) is 1.23. The number of carbonyl (C=O) groups is 1. The molecular formula is C13H18N2OS. The summed E-state index contributed by atoms with van der Waals surface area (Å²) in [5, 5.41) is 2.89. The number of carbonyl (C=O) groups excluding carboxylic acids is 1. The fourth-order valence-electron chi connectivity index (χ4n) is 2.05. The molecule has 0 radical (unpaired) electrons. The minimum Gasteiger partial charge on any atom is -0.338 e. The average molecular weight is 250 g/mol. The Hall–Kier alpha value is -1.16. The average Bonchev–Trinajstić information content (AvgIpc) is 2.40. The normalized spacial score (nSPS) is 20.1. The first kappa shape index (κ1) is 12.3. The fraction of sp³-hybridized carbons (Fsp3) is 0.462. The molecule has 0 bridgehead atoms. The van der Waals surface area contributed by atoms with Crippen LogP contribution in [0.25, 0.3) is 0 Å². The lowest BCUT2D eigenvalue weighted by Crippen LogP contribution is -2.46. The number of nitrogens with one attached hydrogen (secondary N) is 1. The van der Waals surface area contributed by atoms with Crippen molar-refractivity contribution in [3.63, 3.8) is 0 Å². The van der Waals surface area contributed by atoms with Gasteiger partial charge in [-0.1, -0.05) is 30.3 Å². The van der Waals surface area contributed by atoms with Gasteiger partial charge < -0.3 is 10.2 Å². The van der Waals surface area contributed by atoms with Crippen LogP contribution in [0.15, 0.2) is 30.3 Å². The van der Waals surface area contributed by atoms with Crippen LogP contribution in [-0.2, 0) is 0 Å². The third-order valence-electron chi connectivity index (χ3n) is 2.90. The van der Waals surface area contributed by atoms with Crippen molar-refractivity contribution in [1.29, 1.82) is 0 Å². The maximum absolute atomic E-state index is 12.0. The Morgan fingerprint density at radius 2 is 2.24 bits per heavy atom. The molecule has 0 aliphatic carbocycles. The van der Waals surface area contributed by atoms with Gasteiger partial charge in [0.25, 0.3) is 0 Å². The van der Waals surface area contributed by atoms with E-state index < -0.39 is 0 Å². The second-order valence-electron chi connectivity index (χ2n) is 4.03. The molecule has 1 fully saturated rings. The lowest BCUT2D eigenvalue weighted by Gasteiger charge is -2.35. The lowest BCUT2D eigenvalue weighted by atomic mass is 10.1. The van der Waals surface area contributed by atoms with Crippen molar-refractivity contribution in [3.8, 4) is 0 Å². The SMILES string of the molecule is CCNC(=O)N1CCSC[C@@H]1c1ccccc1. The van der Waals surface area contributed by atoms with Gasteiger partial charge in [-0.05, 0) is 12.5 Å². The van der Waals surface area contributed by atoms with E-state index >= 15 is 0 Å². The highest BCUT2D eigenvalue weighted by atomic mass is 32.2. The van der Waals surface area contributed by atoms with E-state index in [4.69, 9.17) is 0 Å². The van der Waals surface area contributed by atoms with Crippen molar-refractivity contribution in [2.45, 2.75) is 13.0 Å². The van der Waals surface area contributed by atoms with Gasteiger partial charge >= 0.3 is 6.03 Å². The number of thioether (sulfide) groups is 1. The van der Waals surface area contributed by atoms with E-state index in [1.54, 1.807) is 0 Å². The summed E-state index contributed by atoms with van der Waals surface area (Å²) in [7, 11) is 0. The molecule has 1 atom stereocenters. The van der Waals surface area contributed by atoms with E-state index in [0.717, 1.165) is 18.1 Å². The van der Waals surface area contributed by atoms with Crippen LogP contribution < -0.4 is 5.32 Å². The van der Waals surface area contributed by atoms with E-state index in [9.17, 15) is 4.79 Å². The Morgan fingerprint density at radius 3 is 2.94 bits per heavy atom. The minimum absolute atomic E-state index is 0.0571. The topological polar surface area (TPSA) is 32.3 Å². The predicted octanol–water partition coefficient (Wildman–Crippen LogP) is 2.51. The quantitative estimate of drug-likeness (QED) is 0.874. The highest BCUT2D eigenvalue weighted by Gasteiger charge is 2.27. The van der Waals surface area contributed by atoms with Gasteiger partial charge in [-0.15, -0.1) is 0 Å². The zero-order valence-corrected chi connectivity index (χ0v) is 10.9. The van der Waals surface area contributed by atoms with Crippen molar-refractivity contribution in [2.24, 2.45) is 0 Å². The molecule has 1 aliphatic rings. The van der Waals surface area contributed by atoms with Crippen molar-refractivity contribution >= 4 is 17.8 Å². The Kier molecular flexibility index (Phi) is 4.31. The molecule has 0 unspecified atom stereocenters. The Bertz CT molecular complexity index is 369. The summed E-state index contributed by atoms with van der Waals surface area (Å²) >= 11 is 1.92. The van der Waals surface area contributed by atoms with Crippen LogP contribution in [0.2, 0.25) is 0 Å². The fourth-order valence-corrected chi connectivity index (χ4v) is 3.14. The number of hydrogen-bond acceptors (Lipinski definition) is 2. The van der Waals surface area contributed by atoms with Gasteiger partial charge in [0.05, 0.1) is 6.04 Å². The smallest absolute Gasteiger partial charge is 0.317 e. The van der Waals surface area contributed by atoms with Gasteiger partial charge in [-0.3, -0.25) is 0 Å². The van der Waals surface area contributed by atoms with Gasteiger partial charge in [0.1, 0.15) is 0 Å². The summed E-state index contributed by atoms with van der Waals surface area (Å²) in [4.78, 5) is 13.9. The zero-order valence-electron chi connectivity index (χ0n) is 10.1. The van der Waals surface area contributed by atoms with Crippen LogP contribution in [-0.4, -0.2) is 35.5 Å². The van der Waals surface area contributed by atoms with Crippen molar-refractivity contribution in [2.75, 3.05) is 24.6 Å². The third kappa shape index (κ3) is 2.94. The molecule has 17 heavy (non-hydrogen) atoms. The Labute approximate surface area is 107 Å². The van der Waals surface area contributed by atoms with E-state index in [-0.39, 0.29) is 12.1 Å². The second kappa shape index (κ2) is 5.96. The molecule has 4 heteroatoms. The number of nitrogens with zero attached hydrogens (tertiary/aromatic N) is 1. The molecule has 1 saturated heterocycles. The Morgan fingerprint density at radius 1 is 1.47 bits per heavy atom. The van der Waals surface area contributed by atoms with Crippen LogP contribution in [0, 0.1) is 0 Å². The van der Waals surface area contributed by atoms with Crippen LogP contribution in [0.5, 0.6) is 0 Å². The molecule has 0 spiro atoms. The van der Waals surface area contributed by atoms with Crippen molar-refractivity contribution < 1.29 is 4.79 Å². The van der Waals surface area contributed by atoms with Crippen molar-refractivity contribution in [3.05, 3.63) is 35.9 Å². The highest BCUT2D eigenvalue weighted by Crippen LogP contribution is 2.29. The molecule has 1 aliphatic heterocycles. The second-order valence-corrected chi connectivity index (χ2v) is 5.18. The number of benzene rings is 1. The summed E-state index contributed by atoms with van der Waals surface area (Å²) in [5.74, 6) is 2.02. The molecule has 1 aromatic carbocycles. The summed E-state index contributed by atoms with van der Waals surface area (Å²) in [6, 6.07) is 10.5. The third-order valence-corrected chi connectivity index (χ3v) is 3.92. The van der Waals surface area contributed by atoms with Crippen molar-refractivity contribution in [1.82, 2.24) is 10.2 Å². The van der Waals surface area contributed by atoms with Crippen LogP contribution in [0.4, 0.5) is 4.79 Å². The molecular weight excluding hydrogens is 232 g/mol. The first-order valence-electron chi connectivity index (χ1n) is 6.00. The molecule has 2 rings (SSSR count). The molecule has 1 N–H and O–H groups in total. The monoisotopic (exact) mass is 250 g/mol. The first-order valence-corrected chi connectivity index (χ1v) is 7.15. The number of hydrogen-bond donors (Lipinski definition) is 1. The molecule has 0 aromatic heterocycles. The maximum atomic E-state index is 12.0. The maximum Gasteiger partial charge on any atom is 0.317 e.